The van der Waals surface area contributed by atoms with Gasteiger partial charge >= 0.3 is 17.9 Å². The fraction of sp³-hybridized carbons (Fsp3) is 0.594. The van der Waals surface area contributed by atoms with Crippen molar-refractivity contribution in [1.29, 1.82) is 0 Å². The first-order valence-electron chi connectivity index (χ1n) is 15.3. The zero-order valence-electron chi connectivity index (χ0n) is 26.2. The number of benzene rings is 1. The fourth-order valence-corrected chi connectivity index (χ4v) is 5.76. The number of fused-ring (bicyclic) bond motifs is 1. The summed E-state index contributed by atoms with van der Waals surface area (Å²) in [5, 5.41) is 63.0. The standard InChI is InChI=1S/C32H42O15/c1-4-16(2)29(40)47-30-25-21(11-23(36)32(25,41)15-44-17(3)34)19(13-42-30)14-43-31-28(27(39)26(38)22(12-33)45-31)46-24(37)10-7-18-5-8-20(35)9-6-18/h5-10,13,16,21-23,25-28,30-31,33,35-36,38-39,41H,4,11-12,14-15H2,1-3H3/t16-,21-,22-,23+,25-,26-,27+,28-,30+,31-,32-/m1/s1. The van der Waals surface area contributed by atoms with Gasteiger partial charge in [-0.15, -0.1) is 0 Å². The summed E-state index contributed by atoms with van der Waals surface area (Å²) < 4.78 is 33.3. The molecule has 0 amide bonds. The molecule has 4 rings (SSSR count). The van der Waals surface area contributed by atoms with Crippen LogP contribution in [0.5, 0.6) is 5.75 Å². The van der Waals surface area contributed by atoms with Crippen molar-refractivity contribution < 1.29 is 73.4 Å². The molecular formula is C32H42O15. The molecule has 0 spiro atoms. The third-order valence-electron chi connectivity index (χ3n) is 8.74. The number of aromatic hydroxyl groups is 1. The van der Waals surface area contributed by atoms with Crippen LogP contribution in [-0.4, -0.2) is 117 Å². The fourth-order valence-electron chi connectivity index (χ4n) is 5.76. The van der Waals surface area contributed by atoms with Crippen LogP contribution in [0.3, 0.4) is 0 Å². The highest BCUT2D eigenvalue weighted by molar-refractivity contribution is 5.87. The molecule has 2 aliphatic heterocycles. The van der Waals surface area contributed by atoms with Crippen LogP contribution in [-0.2, 0) is 42.8 Å². The quantitative estimate of drug-likeness (QED) is 0.0972. The van der Waals surface area contributed by atoms with Crippen molar-refractivity contribution in [3.8, 4) is 5.75 Å². The molecule has 2 fully saturated rings. The van der Waals surface area contributed by atoms with E-state index < -0.39 is 97.6 Å². The Bertz CT molecular complexity index is 1310. The van der Waals surface area contributed by atoms with Crippen LogP contribution >= 0.6 is 0 Å². The van der Waals surface area contributed by atoms with E-state index in [1.54, 1.807) is 26.0 Å². The summed E-state index contributed by atoms with van der Waals surface area (Å²) in [7, 11) is 0. The van der Waals surface area contributed by atoms with Gasteiger partial charge in [-0.25, -0.2) is 4.79 Å². The van der Waals surface area contributed by atoms with Gasteiger partial charge in [-0.05, 0) is 42.2 Å². The van der Waals surface area contributed by atoms with E-state index in [1.807, 2.05) is 0 Å². The number of hydrogen-bond donors (Lipinski definition) is 6. The molecule has 2 heterocycles. The molecule has 0 bridgehead atoms. The number of esters is 3. The van der Waals surface area contributed by atoms with Crippen LogP contribution < -0.4 is 0 Å². The summed E-state index contributed by atoms with van der Waals surface area (Å²) in [5.41, 5.74) is -1.15. The van der Waals surface area contributed by atoms with E-state index in [9.17, 15) is 45.0 Å². The number of rotatable bonds is 12. The monoisotopic (exact) mass is 666 g/mol. The molecular weight excluding hydrogens is 624 g/mol. The first-order valence-corrected chi connectivity index (χ1v) is 15.3. The van der Waals surface area contributed by atoms with E-state index in [2.05, 4.69) is 0 Å². The number of phenolic OH excluding ortho intramolecular Hbond substituents is 1. The molecule has 1 aliphatic carbocycles. The zero-order chi connectivity index (χ0) is 34.5. The van der Waals surface area contributed by atoms with Gasteiger partial charge in [0.2, 0.25) is 6.29 Å². The van der Waals surface area contributed by atoms with E-state index in [-0.39, 0.29) is 18.8 Å². The van der Waals surface area contributed by atoms with Crippen molar-refractivity contribution in [2.24, 2.45) is 17.8 Å². The summed E-state index contributed by atoms with van der Waals surface area (Å²) >= 11 is 0. The van der Waals surface area contributed by atoms with Crippen molar-refractivity contribution in [2.45, 2.75) is 82.3 Å². The Hall–Kier alpha value is -3.57. The van der Waals surface area contributed by atoms with Crippen LogP contribution in [0.15, 0.2) is 42.2 Å². The maximum atomic E-state index is 12.7. The third-order valence-corrected chi connectivity index (χ3v) is 8.74. The highest BCUT2D eigenvalue weighted by Crippen LogP contribution is 2.50. The lowest BCUT2D eigenvalue weighted by Crippen LogP contribution is -2.60. The van der Waals surface area contributed by atoms with E-state index in [1.165, 1.54) is 24.5 Å². The SMILES string of the molecule is CC[C@@H](C)C(=O)O[C@@H]1OC=C(CO[C@@H]2O[C@H](CO)[C@@H](O)[C@H](O)[C@H]2OC(=O)C=Cc2ccc(O)cc2)[C@H]2C[C@H](O)[C@](O)(COC(C)=O)[C@@H]12. The molecule has 0 aromatic heterocycles. The van der Waals surface area contributed by atoms with Crippen molar-refractivity contribution in [3.63, 3.8) is 0 Å². The Morgan fingerprint density at radius 2 is 1.79 bits per heavy atom. The molecule has 1 aromatic rings. The average Bonchev–Trinajstić information content (AvgIpc) is 3.32. The summed E-state index contributed by atoms with van der Waals surface area (Å²) in [4.78, 5) is 37.0. The number of aliphatic hydroxyl groups is 5. The third kappa shape index (κ3) is 8.30. The molecule has 1 saturated heterocycles. The second-order valence-electron chi connectivity index (χ2n) is 11.9. The molecule has 15 nitrogen and oxygen atoms in total. The van der Waals surface area contributed by atoms with Gasteiger partial charge in [0, 0.05) is 18.9 Å². The second kappa shape index (κ2) is 15.6. The number of carbonyl (C=O) groups excluding carboxylic acids is 3. The number of aliphatic hydroxyl groups excluding tert-OH is 4. The summed E-state index contributed by atoms with van der Waals surface area (Å²) in [6, 6.07) is 5.95. The Labute approximate surface area is 270 Å². The second-order valence-corrected chi connectivity index (χ2v) is 11.9. The van der Waals surface area contributed by atoms with Crippen molar-refractivity contribution in [2.75, 3.05) is 19.8 Å². The Kier molecular flexibility index (Phi) is 12.0. The van der Waals surface area contributed by atoms with Gasteiger partial charge in [-0.3, -0.25) is 9.59 Å². The molecule has 15 heteroatoms. The van der Waals surface area contributed by atoms with Crippen LogP contribution in [0.2, 0.25) is 0 Å². The van der Waals surface area contributed by atoms with E-state index >= 15 is 0 Å². The van der Waals surface area contributed by atoms with E-state index in [0.29, 0.717) is 17.6 Å². The van der Waals surface area contributed by atoms with Gasteiger partial charge in [0.15, 0.2) is 12.4 Å². The molecule has 0 unspecified atom stereocenters. The molecule has 47 heavy (non-hydrogen) atoms. The predicted octanol–water partition coefficient (Wildman–Crippen LogP) is -0.106. The minimum atomic E-state index is -2.07. The van der Waals surface area contributed by atoms with Gasteiger partial charge in [-0.1, -0.05) is 26.0 Å². The summed E-state index contributed by atoms with van der Waals surface area (Å²) in [6.07, 6.45) is -6.39. The lowest BCUT2D eigenvalue weighted by atomic mass is 9.80. The Morgan fingerprint density at radius 3 is 2.43 bits per heavy atom. The largest absolute Gasteiger partial charge is 0.508 e. The van der Waals surface area contributed by atoms with E-state index in [4.69, 9.17) is 28.4 Å². The molecule has 3 aliphatic rings. The molecule has 260 valence electrons. The Balaban J connectivity index is 1.54. The normalized spacial score (nSPS) is 34.1. The maximum Gasteiger partial charge on any atom is 0.331 e. The number of ether oxygens (including phenoxy) is 6. The maximum absolute atomic E-state index is 12.7. The van der Waals surface area contributed by atoms with Gasteiger partial charge in [0.1, 0.15) is 36.3 Å². The number of phenols is 1. The van der Waals surface area contributed by atoms with Gasteiger partial charge in [0.25, 0.3) is 0 Å². The lowest BCUT2D eigenvalue weighted by Gasteiger charge is -2.42. The van der Waals surface area contributed by atoms with Gasteiger partial charge in [-0.2, -0.15) is 0 Å². The van der Waals surface area contributed by atoms with Crippen LogP contribution in [0.1, 0.15) is 39.2 Å². The van der Waals surface area contributed by atoms with Crippen molar-refractivity contribution in [3.05, 3.63) is 47.7 Å². The van der Waals surface area contributed by atoms with Crippen molar-refractivity contribution in [1.82, 2.24) is 0 Å². The van der Waals surface area contributed by atoms with Crippen LogP contribution in [0.25, 0.3) is 6.08 Å². The first-order chi connectivity index (χ1) is 22.3. The van der Waals surface area contributed by atoms with Crippen LogP contribution in [0, 0.1) is 17.8 Å². The minimum Gasteiger partial charge on any atom is -0.508 e. The average molecular weight is 667 g/mol. The van der Waals surface area contributed by atoms with E-state index in [0.717, 1.165) is 13.0 Å². The number of hydrogen-bond acceptors (Lipinski definition) is 15. The molecule has 1 saturated carbocycles. The zero-order valence-corrected chi connectivity index (χ0v) is 26.2. The van der Waals surface area contributed by atoms with Crippen molar-refractivity contribution >= 4 is 24.0 Å². The Morgan fingerprint density at radius 1 is 1.09 bits per heavy atom. The lowest BCUT2D eigenvalue weighted by molar-refractivity contribution is -0.302. The van der Waals surface area contributed by atoms with Gasteiger partial charge in [0.05, 0.1) is 37.4 Å². The summed E-state index contributed by atoms with van der Waals surface area (Å²) in [5.74, 6) is -4.50. The molecule has 1 aromatic carbocycles. The minimum absolute atomic E-state index is 0.0354. The highest BCUT2D eigenvalue weighted by Gasteiger charge is 2.61. The first kappa shape index (κ1) is 36.3. The molecule has 0 radical (unpaired) electrons. The summed E-state index contributed by atoms with van der Waals surface area (Å²) in [6.45, 7) is 2.95. The highest BCUT2D eigenvalue weighted by atomic mass is 16.7. The van der Waals surface area contributed by atoms with Crippen LogP contribution in [0.4, 0.5) is 0 Å². The topological polar surface area (TPSA) is 228 Å². The number of carbonyl (C=O) groups is 3. The smallest absolute Gasteiger partial charge is 0.331 e. The molecule has 6 N–H and O–H groups in total. The van der Waals surface area contributed by atoms with Gasteiger partial charge < -0.3 is 59.1 Å². The molecule has 11 atom stereocenters. The predicted molar refractivity (Wildman–Crippen MR) is 158 cm³/mol.